The van der Waals surface area contributed by atoms with Crippen LogP contribution in [0.15, 0.2) is 107 Å². The third-order valence-corrected chi connectivity index (χ3v) is 8.36. The van der Waals surface area contributed by atoms with E-state index in [1.165, 1.54) is 31.4 Å². The summed E-state index contributed by atoms with van der Waals surface area (Å²) in [6, 6.07) is 25.9. The second-order valence-corrected chi connectivity index (χ2v) is 11.4. The van der Waals surface area contributed by atoms with Crippen LogP contribution in [0.25, 0.3) is 0 Å². The van der Waals surface area contributed by atoms with Crippen molar-refractivity contribution in [3.05, 3.63) is 125 Å². The summed E-state index contributed by atoms with van der Waals surface area (Å²) >= 11 is 5.89. The van der Waals surface area contributed by atoms with E-state index in [0.29, 0.717) is 36.8 Å². The van der Waals surface area contributed by atoms with Crippen LogP contribution in [-0.4, -0.2) is 49.6 Å². The molecule has 9 heteroatoms. The van der Waals surface area contributed by atoms with Crippen LogP contribution < -0.4 is 0 Å². The Kier molecular flexibility index (Phi) is 9.48. The number of carbonyl (C=O) groups excluding carboxylic acids is 1. The molecule has 0 fully saturated rings. The van der Waals surface area contributed by atoms with Crippen molar-refractivity contribution in [3.8, 4) is 0 Å². The van der Waals surface area contributed by atoms with Crippen molar-refractivity contribution in [2.24, 2.45) is 0 Å². The maximum Gasteiger partial charge on any atom is 0.337 e. The molecule has 0 spiro atoms. The molecule has 4 aromatic rings. The number of hydrogen-bond donors (Lipinski definition) is 1. The fourth-order valence-electron chi connectivity index (χ4n) is 4.16. The summed E-state index contributed by atoms with van der Waals surface area (Å²) in [6.45, 7) is 1.69. The van der Waals surface area contributed by atoms with E-state index in [4.69, 9.17) is 11.6 Å². The third-order valence-electron chi connectivity index (χ3n) is 6.35. The number of hydrogen-bond acceptors (Lipinski definition) is 7. The summed E-state index contributed by atoms with van der Waals surface area (Å²) in [5.74, 6) is -0.526. The van der Waals surface area contributed by atoms with Crippen LogP contribution in [-0.2, 0) is 27.5 Å². The van der Waals surface area contributed by atoms with E-state index in [-0.39, 0.29) is 15.4 Å². The molecule has 1 N–H and O–H groups in total. The normalized spacial score (nSPS) is 12.3. The molecule has 0 saturated carbocycles. The predicted octanol–water partition coefficient (Wildman–Crippen LogP) is 5.13. The third kappa shape index (κ3) is 7.52. The van der Waals surface area contributed by atoms with Gasteiger partial charge in [0.25, 0.3) is 0 Å². The van der Waals surface area contributed by atoms with Crippen LogP contribution in [0, 0.1) is 0 Å². The number of pyridine rings is 1. The topological polar surface area (TPSA) is 96.8 Å². The average molecular weight is 565 g/mol. The molecule has 0 amide bonds. The predicted molar refractivity (Wildman–Crippen MR) is 149 cm³/mol. The molecular formula is C30H29ClN2O5S. The number of nitrogens with zero attached hydrogens (tertiary/aromatic N) is 2. The Bertz CT molecular complexity index is 1480. The molecular weight excluding hydrogens is 536 g/mol. The Morgan fingerprint density at radius 3 is 2.15 bits per heavy atom. The van der Waals surface area contributed by atoms with E-state index in [1.807, 2.05) is 30.3 Å². The highest BCUT2D eigenvalue weighted by Crippen LogP contribution is 2.23. The summed E-state index contributed by atoms with van der Waals surface area (Å²) in [6.07, 6.45) is 1.50. The van der Waals surface area contributed by atoms with Crippen molar-refractivity contribution in [2.75, 3.05) is 20.2 Å². The van der Waals surface area contributed by atoms with Gasteiger partial charge in [0.1, 0.15) is 5.15 Å². The van der Waals surface area contributed by atoms with Gasteiger partial charge in [-0.3, -0.25) is 4.90 Å². The van der Waals surface area contributed by atoms with Crippen LogP contribution in [0.2, 0.25) is 5.15 Å². The van der Waals surface area contributed by atoms with E-state index >= 15 is 0 Å². The zero-order chi connectivity index (χ0) is 27.8. The van der Waals surface area contributed by atoms with Gasteiger partial charge in [0.15, 0.2) is 0 Å². The minimum absolute atomic E-state index is 0.0996. The number of halogens is 1. The Morgan fingerprint density at radius 2 is 1.56 bits per heavy atom. The summed E-state index contributed by atoms with van der Waals surface area (Å²) in [7, 11) is -2.46. The van der Waals surface area contributed by atoms with Crippen LogP contribution in [0.1, 0.15) is 33.2 Å². The van der Waals surface area contributed by atoms with E-state index in [2.05, 4.69) is 14.6 Å². The van der Waals surface area contributed by atoms with Crippen molar-refractivity contribution in [2.45, 2.75) is 28.9 Å². The number of sulfone groups is 1. The van der Waals surface area contributed by atoms with E-state index in [9.17, 15) is 18.3 Å². The molecule has 0 aliphatic heterocycles. The molecule has 0 aliphatic rings. The number of aliphatic hydroxyl groups is 1. The Balaban J connectivity index is 1.44. The molecule has 0 unspecified atom stereocenters. The van der Waals surface area contributed by atoms with Gasteiger partial charge in [-0.05, 0) is 60.0 Å². The van der Waals surface area contributed by atoms with Crippen LogP contribution in [0.4, 0.5) is 0 Å². The maximum absolute atomic E-state index is 13.1. The van der Waals surface area contributed by atoms with Crippen molar-refractivity contribution in [3.63, 3.8) is 0 Å². The highest BCUT2D eigenvalue weighted by atomic mass is 35.5. The van der Waals surface area contributed by atoms with Gasteiger partial charge in [-0.1, -0.05) is 60.1 Å². The number of methoxy groups -OCH3 is 1. The summed E-state index contributed by atoms with van der Waals surface area (Å²) in [5, 5.41) is 11.2. The quantitative estimate of drug-likeness (QED) is 0.199. The van der Waals surface area contributed by atoms with Crippen LogP contribution in [0.3, 0.4) is 0 Å². The molecule has 3 aromatic carbocycles. The summed E-state index contributed by atoms with van der Waals surface area (Å²) < 4.78 is 30.8. The highest BCUT2D eigenvalue weighted by Gasteiger charge is 2.19. The molecule has 7 nitrogen and oxygen atoms in total. The smallest absolute Gasteiger partial charge is 0.337 e. The van der Waals surface area contributed by atoms with E-state index in [0.717, 1.165) is 11.1 Å². The fourth-order valence-corrected chi connectivity index (χ4v) is 5.53. The molecule has 0 bridgehead atoms. The number of benzene rings is 3. The van der Waals surface area contributed by atoms with Gasteiger partial charge in [0.2, 0.25) is 9.84 Å². The minimum atomic E-state index is -3.74. The van der Waals surface area contributed by atoms with Gasteiger partial charge in [-0.2, -0.15) is 0 Å². The molecule has 202 valence electrons. The molecule has 0 saturated heterocycles. The number of aromatic nitrogens is 1. The minimum Gasteiger partial charge on any atom is -0.465 e. The monoisotopic (exact) mass is 564 g/mol. The van der Waals surface area contributed by atoms with Crippen molar-refractivity contribution >= 4 is 27.4 Å². The number of aliphatic hydroxyl groups excluding tert-OH is 1. The van der Waals surface area contributed by atoms with Gasteiger partial charge < -0.3 is 9.84 Å². The van der Waals surface area contributed by atoms with Gasteiger partial charge in [0, 0.05) is 31.4 Å². The summed E-state index contributed by atoms with van der Waals surface area (Å²) in [5.41, 5.74) is 3.06. The molecule has 1 atom stereocenters. The molecule has 1 heterocycles. The Morgan fingerprint density at radius 1 is 0.923 bits per heavy atom. The van der Waals surface area contributed by atoms with Crippen molar-refractivity contribution < 1.29 is 23.1 Å². The van der Waals surface area contributed by atoms with Gasteiger partial charge in [0.05, 0.1) is 28.6 Å². The van der Waals surface area contributed by atoms with Crippen LogP contribution >= 0.6 is 11.6 Å². The number of rotatable bonds is 11. The average Bonchev–Trinajstić information content (AvgIpc) is 2.96. The molecule has 39 heavy (non-hydrogen) atoms. The lowest BCUT2D eigenvalue weighted by Gasteiger charge is -2.25. The molecule has 1 aromatic heterocycles. The first kappa shape index (κ1) is 28.4. The van der Waals surface area contributed by atoms with Crippen LogP contribution in [0.5, 0.6) is 0 Å². The first-order valence-corrected chi connectivity index (χ1v) is 14.2. The van der Waals surface area contributed by atoms with E-state index in [1.54, 1.807) is 42.6 Å². The zero-order valence-corrected chi connectivity index (χ0v) is 23.0. The lowest BCUT2D eigenvalue weighted by Crippen LogP contribution is -2.30. The maximum atomic E-state index is 13.1. The van der Waals surface area contributed by atoms with E-state index < -0.39 is 21.9 Å². The van der Waals surface area contributed by atoms with Gasteiger partial charge in [-0.15, -0.1) is 0 Å². The van der Waals surface area contributed by atoms with Gasteiger partial charge >= 0.3 is 5.97 Å². The summed E-state index contributed by atoms with van der Waals surface area (Å²) in [4.78, 5) is 18.1. The second kappa shape index (κ2) is 13.0. The first-order valence-electron chi connectivity index (χ1n) is 12.3. The Hall–Kier alpha value is -3.56. The number of carbonyl (C=O) groups is 1. The number of ether oxygens (including phenoxy) is 1. The largest absolute Gasteiger partial charge is 0.465 e. The second-order valence-electron chi connectivity index (χ2n) is 9.06. The standard InChI is InChI=1S/C30H29ClN2O5S/c1-38-30(35)24-9-14-27(15-10-24)39(36,37)26-12-7-22(8-13-26)17-18-33(20-23-5-3-2-4-6-23)21-28(34)25-11-16-29(31)32-19-25/h2-16,19,28,34H,17-18,20-21H2,1H3/t28-/m0/s1. The van der Waals surface area contributed by atoms with Crippen molar-refractivity contribution in [1.29, 1.82) is 0 Å². The molecule has 4 rings (SSSR count). The lowest BCUT2D eigenvalue weighted by molar-refractivity contribution is 0.0600. The first-order chi connectivity index (χ1) is 18.8. The van der Waals surface area contributed by atoms with Gasteiger partial charge in [-0.25, -0.2) is 18.2 Å². The SMILES string of the molecule is COC(=O)c1ccc(S(=O)(=O)c2ccc(CCN(Cc3ccccc3)C[C@H](O)c3ccc(Cl)nc3)cc2)cc1. The highest BCUT2D eigenvalue weighted by molar-refractivity contribution is 7.91. The Labute approximate surface area is 233 Å². The zero-order valence-electron chi connectivity index (χ0n) is 21.4. The fraction of sp³-hybridized carbons (Fsp3) is 0.200. The lowest BCUT2D eigenvalue weighted by atomic mass is 10.1. The molecule has 0 aliphatic carbocycles. The molecule has 0 radical (unpaired) electrons. The van der Waals surface area contributed by atoms with Crippen molar-refractivity contribution in [1.82, 2.24) is 9.88 Å². The number of esters is 1.